The van der Waals surface area contributed by atoms with Gasteiger partial charge in [0.2, 0.25) is 5.91 Å². The van der Waals surface area contributed by atoms with E-state index in [1.54, 1.807) is 0 Å². The van der Waals surface area contributed by atoms with Gasteiger partial charge in [-0.3, -0.25) is 29.1 Å². The molecule has 9 nitrogen and oxygen atoms in total. The van der Waals surface area contributed by atoms with Crippen LogP contribution in [0.5, 0.6) is 0 Å². The van der Waals surface area contributed by atoms with Gasteiger partial charge in [-0.15, -0.1) is 0 Å². The number of carbonyl (C=O) groups excluding carboxylic acids is 1. The number of carboxylic acids is 1. The van der Waals surface area contributed by atoms with Crippen LogP contribution in [0.3, 0.4) is 0 Å². The largest absolute Gasteiger partial charge is 0.481 e. The van der Waals surface area contributed by atoms with Crippen LogP contribution in [0.25, 0.3) is 0 Å². The maximum Gasteiger partial charge on any atom is 0.306 e. The van der Waals surface area contributed by atoms with Gasteiger partial charge >= 0.3 is 5.97 Å². The third-order valence-electron chi connectivity index (χ3n) is 3.68. The molecule has 1 N–H and O–H groups in total. The number of carbonyl (C=O) groups is 2. The second-order valence-electron chi connectivity index (χ2n) is 5.10. The smallest absolute Gasteiger partial charge is 0.306 e. The summed E-state index contributed by atoms with van der Waals surface area (Å²) in [4.78, 5) is 46.2. The van der Waals surface area contributed by atoms with E-state index in [4.69, 9.17) is 5.11 Å². The molecule has 0 saturated carbocycles. The Labute approximate surface area is 124 Å². The number of rotatable bonds is 4. The minimum atomic E-state index is -0.873. The quantitative estimate of drug-likeness (QED) is 0.620. The summed E-state index contributed by atoms with van der Waals surface area (Å²) in [6.45, 7) is 0.317. The lowest BCUT2D eigenvalue weighted by Gasteiger charge is -2.30. The van der Waals surface area contributed by atoms with Crippen molar-refractivity contribution in [1.29, 1.82) is 0 Å². The zero-order valence-electron chi connectivity index (χ0n) is 11.7. The van der Waals surface area contributed by atoms with Crippen molar-refractivity contribution in [3.8, 4) is 0 Å². The minimum Gasteiger partial charge on any atom is -0.481 e. The molecule has 1 fully saturated rings. The number of hydrogen-bond donors (Lipinski definition) is 1. The fourth-order valence-electron chi connectivity index (χ4n) is 2.37. The molecular weight excluding hydrogens is 294 g/mol. The maximum absolute atomic E-state index is 12.1. The first-order valence-corrected chi connectivity index (χ1v) is 6.74. The van der Waals surface area contributed by atoms with E-state index >= 15 is 0 Å². The Morgan fingerprint density at radius 3 is 2.50 bits per heavy atom. The van der Waals surface area contributed by atoms with Crippen molar-refractivity contribution in [3.05, 3.63) is 38.8 Å². The minimum absolute atomic E-state index is 0.267. The summed E-state index contributed by atoms with van der Waals surface area (Å²) >= 11 is 0. The predicted octanol–water partition coefficient (Wildman–Crippen LogP) is 0.0797. The predicted molar refractivity (Wildman–Crippen MR) is 74.3 cm³/mol. The van der Waals surface area contributed by atoms with E-state index in [-0.39, 0.29) is 18.1 Å². The van der Waals surface area contributed by atoms with Crippen molar-refractivity contribution in [3.63, 3.8) is 0 Å². The van der Waals surface area contributed by atoms with Crippen LogP contribution in [-0.2, 0) is 16.1 Å². The van der Waals surface area contributed by atoms with Gasteiger partial charge in [0.05, 0.1) is 17.0 Å². The molecule has 9 heteroatoms. The van der Waals surface area contributed by atoms with Gasteiger partial charge in [0.15, 0.2) is 0 Å². The monoisotopic (exact) mass is 309 g/mol. The summed E-state index contributed by atoms with van der Waals surface area (Å²) in [6.07, 6.45) is 1.76. The van der Waals surface area contributed by atoms with Crippen LogP contribution in [0.4, 0.5) is 5.69 Å². The molecule has 118 valence electrons. The van der Waals surface area contributed by atoms with Crippen molar-refractivity contribution >= 4 is 17.6 Å². The summed E-state index contributed by atoms with van der Waals surface area (Å²) in [6, 6.07) is 2.13. The normalized spacial score (nSPS) is 15.5. The first-order valence-electron chi connectivity index (χ1n) is 6.74. The van der Waals surface area contributed by atoms with Gasteiger partial charge in [-0.25, -0.2) is 0 Å². The highest BCUT2D eigenvalue weighted by molar-refractivity contribution is 5.77. The highest BCUT2D eigenvalue weighted by Gasteiger charge is 2.27. The summed E-state index contributed by atoms with van der Waals surface area (Å²) in [5, 5.41) is 19.6. The summed E-state index contributed by atoms with van der Waals surface area (Å²) in [5.74, 6) is -1.68. The van der Waals surface area contributed by atoms with Crippen LogP contribution in [0.1, 0.15) is 12.8 Å². The van der Waals surface area contributed by atoms with E-state index in [0.29, 0.717) is 25.9 Å². The van der Waals surface area contributed by atoms with Crippen LogP contribution in [0.2, 0.25) is 0 Å². The molecule has 0 spiro atoms. The Bertz CT molecular complexity index is 660. The number of hydrogen-bond acceptors (Lipinski definition) is 5. The summed E-state index contributed by atoms with van der Waals surface area (Å²) in [5.41, 5.74) is -0.767. The highest BCUT2D eigenvalue weighted by atomic mass is 16.6. The van der Waals surface area contributed by atoms with Gasteiger partial charge < -0.3 is 10.0 Å². The number of nitro groups is 1. The molecule has 2 heterocycles. The summed E-state index contributed by atoms with van der Waals surface area (Å²) in [7, 11) is 0. The Kier molecular flexibility index (Phi) is 4.54. The zero-order chi connectivity index (χ0) is 16.3. The Balaban J connectivity index is 2.04. The molecule has 2 rings (SSSR count). The molecule has 1 aliphatic heterocycles. The number of nitrogens with zero attached hydrogens (tertiary/aromatic N) is 3. The standard InChI is InChI=1S/C13H15N3O6/c17-11-2-1-10(16(21)22)7-15(11)8-12(18)14-5-3-9(4-6-14)13(19)20/h1-2,7,9H,3-6,8H2,(H,19,20). The highest BCUT2D eigenvalue weighted by Crippen LogP contribution is 2.17. The zero-order valence-corrected chi connectivity index (χ0v) is 11.7. The lowest BCUT2D eigenvalue weighted by Crippen LogP contribution is -2.42. The van der Waals surface area contributed by atoms with Gasteiger partial charge in [-0.2, -0.15) is 0 Å². The number of amides is 1. The van der Waals surface area contributed by atoms with Gasteiger partial charge in [0.1, 0.15) is 6.54 Å². The van der Waals surface area contributed by atoms with Gasteiger partial charge in [0.25, 0.3) is 11.2 Å². The molecule has 1 aliphatic rings. The van der Waals surface area contributed by atoms with Crippen LogP contribution in [0, 0.1) is 16.0 Å². The van der Waals surface area contributed by atoms with Crippen molar-refractivity contribution in [2.24, 2.45) is 5.92 Å². The van der Waals surface area contributed by atoms with Gasteiger partial charge in [-0.1, -0.05) is 0 Å². The van der Waals surface area contributed by atoms with Crippen molar-refractivity contribution in [2.75, 3.05) is 13.1 Å². The Morgan fingerprint density at radius 1 is 1.32 bits per heavy atom. The number of likely N-dealkylation sites (tertiary alicyclic amines) is 1. The second kappa shape index (κ2) is 6.37. The van der Waals surface area contributed by atoms with Crippen LogP contribution >= 0.6 is 0 Å². The molecule has 1 amide bonds. The number of carboxylic acid groups (broad SMARTS) is 1. The molecule has 1 aromatic rings. The number of pyridine rings is 1. The van der Waals surface area contributed by atoms with E-state index in [1.807, 2.05) is 0 Å². The molecule has 1 saturated heterocycles. The van der Waals surface area contributed by atoms with Gasteiger partial charge in [0, 0.05) is 25.2 Å². The molecule has 1 aromatic heterocycles. The lowest BCUT2D eigenvalue weighted by molar-refractivity contribution is -0.385. The number of aromatic nitrogens is 1. The van der Waals surface area contributed by atoms with Crippen LogP contribution in [-0.4, -0.2) is 44.5 Å². The van der Waals surface area contributed by atoms with Crippen LogP contribution in [0.15, 0.2) is 23.1 Å². The molecule has 0 aromatic carbocycles. The van der Waals surface area contributed by atoms with Gasteiger partial charge in [-0.05, 0) is 12.8 Å². The first kappa shape index (κ1) is 15.7. The van der Waals surface area contributed by atoms with E-state index in [9.17, 15) is 24.5 Å². The van der Waals surface area contributed by atoms with E-state index in [1.165, 1.54) is 4.90 Å². The Hall–Kier alpha value is -2.71. The molecule has 0 aliphatic carbocycles. The molecule has 0 bridgehead atoms. The van der Waals surface area contributed by atoms with Crippen molar-refractivity contribution in [2.45, 2.75) is 19.4 Å². The maximum atomic E-state index is 12.1. The molecule has 0 unspecified atom stereocenters. The average molecular weight is 309 g/mol. The second-order valence-corrected chi connectivity index (χ2v) is 5.10. The van der Waals surface area contributed by atoms with Crippen LogP contribution < -0.4 is 5.56 Å². The summed E-state index contributed by atoms with van der Waals surface area (Å²) < 4.78 is 0.990. The van der Waals surface area contributed by atoms with E-state index < -0.39 is 22.4 Å². The topological polar surface area (TPSA) is 123 Å². The third-order valence-corrected chi connectivity index (χ3v) is 3.68. The molecule has 0 radical (unpaired) electrons. The van der Waals surface area contributed by atoms with Crippen molar-refractivity contribution in [1.82, 2.24) is 9.47 Å². The fourth-order valence-corrected chi connectivity index (χ4v) is 2.37. The Morgan fingerprint density at radius 2 is 1.95 bits per heavy atom. The molecular formula is C13H15N3O6. The van der Waals surface area contributed by atoms with E-state index in [0.717, 1.165) is 22.9 Å². The SMILES string of the molecule is O=C(O)C1CCN(C(=O)Cn2cc([N+](=O)[O-])ccc2=O)CC1. The average Bonchev–Trinajstić information content (AvgIpc) is 2.49. The first-order chi connectivity index (χ1) is 10.4. The van der Waals surface area contributed by atoms with E-state index in [2.05, 4.69) is 0 Å². The third kappa shape index (κ3) is 3.48. The van der Waals surface area contributed by atoms with Crippen molar-refractivity contribution < 1.29 is 19.6 Å². The fraction of sp³-hybridized carbons (Fsp3) is 0.462. The number of piperidine rings is 1. The molecule has 0 atom stereocenters. The lowest BCUT2D eigenvalue weighted by atomic mass is 9.97. The number of aliphatic carboxylic acids is 1. The molecule has 22 heavy (non-hydrogen) atoms.